The molecule has 0 aromatic heterocycles. The summed E-state index contributed by atoms with van der Waals surface area (Å²) in [6, 6.07) is 1.74. The minimum absolute atomic E-state index is 0.842. The van der Waals surface area contributed by atoms with Crippen molar-refractivity contribution in [1.29, 1.82) is 0 Å². The fourth-order valence-corrected chi connectivity index (χ4v) is 5.01. The summed E-state index contributed by atoms with van der Waals surface area (Å²) < 4.78 is 0. The highest BCUT2D eigenvalue weighted by Gasteiger charge is 2.32. The molecule has 0 amide bonds. The van der Waals surface area contributed by atoms with Crippen molar-refractivity contribution in [3.63, 3.8) is 0 Å². The lowest BCUT2D eigenvalue weighted by Crippen LogP contribution is -2.49. The van der Waals surface area contributed by atoms with Gasteiger partial charge in [0.05, 0.1) is 0 Å². The van der Waals surface area contributed by atoms with Gasteiger partial charge in [0.25, 0.3) is 0 Å². The number of likely N-dealkylation sites (tertiary alicyclic amines) is 1. The van der Waals surface area contributed by atoms with E-state index in [-0.39, 0.29) is 0 Å². The summed E-state index contributed by atoms with van der Waals surface area (Å²) in [6.45, 7) is 4.01. The second-order valence-corrected chi connectivity index (χ2v) is 7.12. The summed E-state index contributed by atoms with van der Waals surface area (Å²) in [6.07, 6.45) is 8.63. The molecule has 3 aliphatic heterocycles. The Kier molecular flexibility index (Phi) is 4.30. The molecule has 0 aromatic carbocycles. The molecule has 0 bridgehead atoms. The fraction of sp³-hybridized carbons (Fsp3) is 1.00. The molecule has 3 heterocycles. The Morgan fingerprint density at radius 2 is 2.06 bits per heavy atom. The van der Waals surface area contributed by atoms with Gasteiger partial charge in [0.15, 0.2) is 0 Å². The number of hydrogen-bond acceptors (Lipinski definition) is 3. The molecule has 0 aliphatic carbocycles. The van der Waals surface area contributed by atoms with E-state index in [1.165, 1.54) is 69.7 Å². The van der Waals surface area contributed by atoms with Crippen molar-refractivity contribution in [2.45, 2.75) is 50.6 Å². The van der Waals surface area contributed by atoms with Crippen LogP contribution in [0.1, 0.15) is 38.5 Å². The smallest absolute Gasteiger partial charge is 0.0186 e. The van der Waals surface area contributed by atoms with Gasteiger partial charge in [-0.25, -0.2) is 0 Å². The minimum atomic E-state index is 0.842. The molecule has 0 saturated carbocycles. The van der Waals surface area contributed by atoms with E-state index in [0.29, 0.717) is 0 Å². The molecule has 3 saturated heterocycles. The maximum Gasteiger partial charge on any atom is 0.0186 e. The third-order valence-electron chi connectivity index (χ3n) is 4.81. The lowest BCUT2D eigenvalue weighted by molar-refractivity contribution is 0.111. The van der Waals surface area contributed by atoms with Gasteiger partial charge in [0.1, 0.15) is 0 Å². The van der Waals surface area contributed by atoms with Crippen molar-refractivity contribution >= 4 is 11.8 Å². The first-order valence-electron chi connectivity index (χ1n) is 7.48. The lowest BCUT2D eigenvalue weighted by Gasteiger charge is -2.41. The summed E-state index contributed by atoms with van der Waals surface area (Å²) in [5, 5.41) is 3.72. The van der Waals surface area contributed by atoms with Crippen LogP contribution in [0.4, 0.5) is 0 Å². The molecule has 98 valence electrons. The van der Waals surface area contributed by atoms with E-state index in [4.69, 9.17) is 0 Å². The van der Waals surface area contributed by atoms with Crippen molar-refractivity contribution in [2.75, 3.05) is 31.1 Å². The van der Waals surface area contributed by atoms with E-state index in [1.54, 1.807) is 0 Å². The summed E-state index contributed by atoms with van der Waals surface area (Å²) in [5.74, 6) is 3.74. The maximum absolute atomic E-state index is 3.72. The van der Waals surface area contributed by atoms with Gasteiger partial charge < -0.3 is 5.32 Å². The van der Waals surface area contributed by atoms with E-state index in [0.717, 1.165) is 18.0 Å². The van der Waals surface area contributed by atoms with Crippen LogP contribution >= 0.6 is 11.8 Å². The molecule has 0 radical (unpaired) electrons. The normalized spacial score (nSPS) is 40.6. The second kappa shape index (κ2) is 5.94. The van der Waals surface area contributed by atoms with Crippen LogP contribution in [0.25, 0.3) is 0 Å². The first kappa shape index (κ1) is 12.3. The van der Waals surface area contributed by atoms with Gasteiger partial charge in [0, 0.05) is 24.4 Å². The van der Waals surface area contributed by atoms with E-state index in [1.807, 2.05) is 0 Å². The zero-order valence-corrected chi connectivity index (χ0v) is 11.7. The molecule has 1 N–H and O–H groups in total. The summed E-state index contributed by atoms with van der Waals surface area (Å²) in [7, 11) is 0. The first-order valence-corrected chi connectivity index (χ1v) is 8.64. The Morgan fingerprint density at radius 1 is 1.06 bits per heavy atom. The Morgan fingerprint density at radius 3 is 2.82 bits per heavy atom. The predicted octanol–water partition coefficient (Wildman–Crippen LogP) is 2.35. The Balaban J connectivity index is 1.54. The van der Waals surface area contributed by atoms with Crippen LogP contribution in [-0.2, 0) is 0 Å². The van der Waals surface area contributed by atoms with Crippen LogP contribution in [0.2, 0.25) is 0 Å². The fourth-order valence-electron chi connectivity index (χ4n) is 3.83. The van der Waals surface area contributed by atoms with Gasteiger partial charge in [-0.2, -0.15) is 11.8 Å². The van der Waals surface area contributed by atoms with Crippen LogP contribution in [0.3, 0.4) is 0 Å². The van der Waals surface area contributed by atoms with Crippen molar-refractivity contribution in [1.82, 2.24) is 10.2 Å². The highest BCUT2D eigenvalue weighted by molar-refractivity contribution is 7.99. The summed E-state index contributed by atoms with van der Waals surface area (Å²) in [5.41, 5.74) is 0. The zero-order chi connectivity index (χ0) is 11.5. The van der Waals surface area contributed by atoms with Gasteiger partial charge in [-0.1, -0.05) is 0 Å². The van der Waals surface area contributed by atoms with E-state index < -0.39 is 0 Å². The zero-order valence-electron chi connectivity index (χ0n) is 10.9. The molecule has 3 atom stereocenters. The molecule has 3 unspecified atom stereocenters. The number of hydrogen-bond donors (Lipinski definition) is 1. The molecule has 0 spiro atoms. The molecule has 3 fully saturated rings. The molecule has 3 aliphatic rings. The number of rotatable bonds is 2. The van der Waals surface area contributed by atoms with Crippen LogP contribution < -0.4 is 5.32 Å². The number of piperidine rings is 1. The van der Waals surface area contributed by atoms with E-state index >= 15 is 0 Å². The third kappa shape index (κ3) is 2.99. The van der Waals surface area contributed by atoms with Crippen molar-refractivity contribution in [2.24, 2.45) is 5.92 Å². The van der Waals surface area contributed by atoms with E-state index in [9.17, 15) is 0 Å². The number of nitrogens with one attached hydrogen (secondary N) is 1. The van der Waals surface area contributed by atoms with Gasteiger partial charge >= 0.3 is 0 Å². The molecule has 2 nitrogen and oxygen atoms in total. The van der Waals surface area contributed by atoms with E-state index in [2.05, 4.69) is 22.0 Å². The molecule has 17 heavy (non-hydrogen) atoms. The Hall–Kier alpha value is 0.270. The molecule has 3 rings (SSSR count). The van der Waals surface area contributed by atoms with Gasteiger partial charge in [-0.15, -0.1) is 0 Å². The van der Waals surface area contributed by atoms with Crippen molar-refractivity contribution < 1.29 is 0 Å². The highest BCUT2D eigenvalue weighted by Crippen LogP contribution is 2.29. The SMILES string of the molecule is C1CNC(C2CCCN(C3CCCSC3)C2)C1. The topological polar surface area (TPSA) is 15.3 Å². The standard InChI is InChI=1S/C14H26N2S/c1-6-14(15-7-1)12-4-2-8-16(10-12)13-5-3-9-17-11-13/h12-15H,1-11H2. The minimum Gasteiger partial charge on any atom is -0.314 e. The second-order valence-electron chi connectivity index (χ2n) is 5.97. The Labute approximate surface area is 110 Å². The highest BCUT2D eigenvalue weighted by atomic mass is 32.2. The van der Waals surface area contributed by atoms with Crippen molar-refractivity contribution in [3.05, 3.63) is 0 Å². The predicted molar refractivity (Wildman–Crippen MR) is 75.7 cm³/mol. The van der Waals surface area contributed by atoms with Crippen LogP contribution in [-0.4, -0.2) is 48.1 Å². The lowest BCUT2D eigenvalue weighted by atomic mass is 9.89. The average molecular weight is 254 g/mol. The molecular formula is C14H26N2S. The quantitative estimate of drug-likeness (QED) is 0.814. The average Bonchev–Trinajstić information content (AvgIpc) is 2.94. The van der Waals surface area contributed by atoms with Crippen LogP contribution in [0.15, 0.2) is 0 Å². The van der Waals surface area contributed by atoms with Gasteiger partial charge in [-0.3, -0.25) is 4.90 Å². The van der Waals surface area contributed by atoms with Crippen LogP contribution in [0.5, 0.6) is 0 Å². The van der Waals surface area contributed by atoms with Crippen LogP contribution in [0, 0.1) is 5.92 Å². The molecular weight excluding hydrogens is 228 g/mol. The largest absolute Gasteiger partial charge is 0.314 e. The third-order valence-corrected chi connectivity index (χ3v) is 6.01. The maximum atomic E-state index is 3.72. The van der Waals surface area contributed by atoms with Gasteiger partial charge in [0.2, 0.25) is 0 Å². The van der Waals surface area contributed by atoms with Gasteiger partial charge in [-0.05, 0) is 63.3 Å². The molecule has 0 aromatic rings. The van der Waals surface area contributed by atoms with Crippen molar-refractivity contribution in [3.8, 4) is 0 Å². The summed E-state index contributed by atoms with van der Waals surface area (Å²) >= 11 is 2.17. The number of thioether (sulfide) groups is 1. The number of nitrogens with zero attached hydrogens (tertiary/aromatic N) is 1. The summed E-state index contributed by atoms with van der Waals surface area (Å²) in [4.78, 5) is 2.82. The Bertz CT molecular complexity index is 234. The first-order chi connectivity index (χ1) is 8.43. The monoisotopic (exact) mass is 254 g/mol. The molecule has 3 heteroatoms.